The topological polar surface area (TPSA) is 32.3 Å². The van der Waals surface area contributed by atoms with Gasteiger partial charge in [-0.2, -0.15) is 0 Å². The summed E-state index contributed by atoms with van der Waals surface area (Å²) in [6, 6.07) is 11.1. The summed E-state index contributed by atoms with van der Waals surface area (Å²) in [6.45, 7) is 0.209. The Hall–Kier alpha value is -1.98. The first-order chi connectivity index (χ1) is 11.5. The van der Waals surface area contributed by atoms with Crippen LogP contribution >= 0.6 is 11.6 Å². The molecule has 1 fully saturated rings. The zero-order chi connectivity index (χ0) is 17.3. The molecule has 0 spiro atoms. The third-order valence-electron chi connectivity index (χ3n) is 4.22. The molecule has 1 saturated heterocycles. The van der Waals surface area contributed by atoms with Crippen molar-refractivity contribution in [2.24, 2.45) is 0 Å². The van der Waals surface area contributed by atoms with Crippen LogP contribution in [-0.2, 0) is 4.79 Å². The number of nitrogens with one attached hydrogen (secondary N) is 1. The van der Waals surface area contributed by atoms with Crippen molar-refractivity contribution in [3.8, 4) is 11.1 Å². The van der Waals surface area contributed by atoms with Gasteiger partial charge in [0.1, 0.15) is 6.17 Å². The van der Waals surface area contributed by atoms with Gasteiger partial charge in [0.05, 0.1) is 11.7 Å². The van der Waals surface area contributed by atoms with Crippen molar-refractivity contribution in [1.29, 1.82) is 0 Å². The van der Waals surface area contributed by atoms with Gasteiger partial charge in [0.25, 0.3) is 0 Å². The van der Waals surface area contributed by atoms with Gasteiger partial charge in [0, 0.05) is 29.1 Å². The Labute approximate surface area is 144 Å². The smallest absolute Gasteiger partial charge is 0.241 e. The zero-order valence-corrected chi connectivity index (χ0v) is 13.9. The molecule has 2 atom stereocenters. The highest BCUT2D eigenvalue weighted by molar-refractivity contribution is 6.33. The number of rotatable bonds is 3. The lowest BCUT2D eigenvalue weighted by molar-refractivity contribution is -0.120. The van der Waals surface area contributed by atoms with Crippen LogP contribution < -0.4 is 5.32 Å². The maximum Gasteiger partial charge on any atom is 0.241 e. The Morgan fingerprint density at radius 3 is 2.58 bits per heavy atom. The van der Waals surface area contributed by atoms with Crippen LogP contribution in [0.25, 0.3) is 11.1 Å². The number of nitrogens with zero attached hydrogens (tertiary/aromatic N) is 1. The molecule has 0 unspecified atom stereocenters. The molecule has 24 heavy (non-hydrogen) atoms. The van der Waals surface area contributed by atoms with Gasteiger partial charge in [-0.3, -0.25) is 9.69 Å². The molecular formula is C18H17ClF2N2O. The number of hydrogen-bond donors (Lipinski definition) is 1. The van der Waals surface area contributed by atoms with E-state index in [2.05, 4.69) is 5.32 Å². The third kappa shape index (κ3) is 3.28. The summed E-state index contributed by atoms with van der Waals surface area (Å²) in [6.07, 6.45) is -0.918. The molecule has 1 heterocycles. The van der Waals surface area contributed by atoms with Gasteiger partial charge in [-0.1, -0.05) is 41.9 Å². The molecule has 1 aliphatic rings. The lowest BCUT2D eigenvalue weighted by Gasteiger charge is -2.19. The molecule has 0 saturated carbocycles. The first-order valence-electron chi connectivity index (χ1n) is 7.66. The monoisotopic (exact) mass is 350 g/mol. The first-order valence-corrected chi connectivity index (χ1v) is 8.03. The van der Waals surface area contributed by atoms with E-state index in [1.165, 1.54) is 6.07 Å². The maximum absolute atomic E-state index is 14.8. The fourth-order valence-electron chi connectivity index (χ4n) is 2.98. The second kappa shape index (κ2) is 6.87. The molecule has 1 amide bonds. The standard InChI is InChI=1S/C18H17ClF2N2O/c1-23-10-11(20)9-16(23)18(24)22-15-8-4-6-13(17(15)21)12-5-2-3-7-14(12)19/h2-8,11,16H,9-10H2,1H3,(H,22,24)/t11-,16+/m1/s1. The highest BCUT2D eigenvalue weighted by Crippen LogP contribution is 2.33. The fraction of sp³-hybridized carbons (Fsp3) is 0.278. The van der Waals surface area contributed by atoms with Gasteiger partial charge in [-0.25, -0.2) is 8.78 Å². The summed E-state index contributed by atoms with van der Waals surface area (Å²) in [5.41, 5.74) is 0.921. The molecule has 2 aromatic carbocycles. The van der Waals surface area contributed by atoms with Crippen molar-refractivity contribution in [2.75, 3.05) is 18.9 Å². The van der Waals surface area contributed by atoms with Crippen LogP contribution in [0.15, 0.2) is 42.5 Å². The van der Waals surface area contributed by atoms with E-state index in [0.717, 1.165) is 0 Å². The number of halogens is 3. The van der Waals surface area contributed by atoms with Crippen molar-refractivity contribution in [3.05, 3.63) is 53.3 Å². The minimum absolute atomic E-state index is 0.0631. The number of anilines is 1. The number of hydrogen-bond acceptors (Lipinski definition) is 2. The fourth-order valence-corrected chi connectivity index (χ4v) is 3.21. The molecule has 3 rings (SSSR count). The van der Waals surface area contributed by atoms with E-state index in [-0.39, 0.29) is 18.7 Å². The molecule has 3 nitrogen and oxygen atoms in total. The van der Waals surface area contributed by atoms with Gasteiger partial charge in [-0.15, -0.1) is 0 Å². The summed E-state index contributed by atoms with van der Waals surface area (Å²) < 4.78 is 28.2. The predicted octanol–water partition coefficient (Wildman–Crippen LogP) is 4.13. The van der Waals surface area contributed by atoms with Gasteiger partial charge in [0.15, 0.2) is 5.82 Å². The number of likely N-dealkylation sites (N-methyl/N-ethyl adjacent to an activating group) is 1. The quantitative estimate of drug-likeness (QED) is 0.902. The SMILES string of the molecule is CN1C[C@H](F)C[C@H]1C(=O)Nc1cccc(-c2ccccc2Cl)c1F. The Kier molecular flexibility index (Phi) is 4.83. The Bertz CT molecular complexity index is 768. The largest absolute Gasteiger partial charge is 0.322 e. The second-order valence-electron chi connectivity index (χ2n) is 5.92. The molecule has 0 aromatic heterocycles. The van der Waals surface area contributed by atoms with Gasteiger partial charge in [-0.05, 0) is 19.2 Å². The van der Waals surface area contributed by atoms with Crippen molar-refractivity contribution in [1.82, 2.24) is 4.90 Å². The Morgan fingerprint density at radius 2 is 1.92 bits per heavy atom. The Balaban J connectivity index is 1.86. The van der Waals surface area contributed by atoms with E-state index in [1.807, 2.05) is 0 Å². The average Bonchev–Trinajstić information content (AvgIpc) is 2.89. The maximum atomic E-state index is 14.8. The predicted molar refractivity (Wildman–Crippen MR) is 91.4 cm³/mol. The number of benzene rings is 2. The minimum atomic E-state index is -1.04. The second-order valence-corrected chi connectivity index (χ2v) is 6.33. The van der Waals surface area contributed by atoms with Gasteiger partial charge < -0.3 is 5.32 Å². The van der Waals surface area contributed by atoms with E-state index in [1.54, 1.807) is 48.3 Å². The molecule has 0 radical (unpaired) electrons. The van der Waals surface area contributed by atoms with Gasteiger partial charge in [0.2, 0.25) is 5.91 Å². The van der Waals surface area contributed by atoms with Crippen molar-refractivity contribution >= 4 is 23.2 Å². The summed E-state index contributed by atoms with van der Waals surface area (Å²) in [5, 5.41) is 2.99. The summed E-state index contributed by atoms with van der Waals surface area (Å²) in [5.74, 6) is -0.968. The number of amides is 1. The molecule has 126 valence electrons. The minimum Gasteiger partial charge on any atom is -0.322 e. The van der Waals surface area contributed by atoms with Crippen LogP contribution in [0.2, 0.25) is 5.02 Å². The number of alkyl halides is 1. The average molecular weight is 351 g/mol. The molecule has 1 aliphatic heterocycles. The van der Waals surface area contributed by atoms with Crippen LogP contribution in [0.5, 0.6) is 0 Å². The first kappa shape index (κ1) is 16.9. The van der Waals surface area contributed by atoms with E-state index in [0.29, 0.717) is 16.1 Å². The number of carbonyl (C=O) groups excluding carboxylic acids is 1. The molecule has 1 N–H and O–H groups in total. The third-order valence-corrected chi connectivity index (χ3v) is 4.55. The van der Waals surface area contributed by atoms with E-state index in [4.69, 9.17) is 11.6 Å². The normalized spacial score (nSPS) is 21.0. The van der Waals surface area contributed by atoms with E-state index in [9.17, 15) is 13.6 Å². The van der Waals surface area contributed by atoms with Crippen LogP contribution in [0, 0.1) is 5.82 Å². The molecule has 6 heteroatoms. The summed E-state index contributed by atoms with van der Waals surface area (Å²) >= 11 is 6.13. The molecule has 0 bridgehead atoms. The van der Waals surface area contributed by atoms with E-state index < -0.39 is 23.9 Å². The summed E-state index contributed by atoms with van der Waals surface area (Å²) in [7, 11) is 1.68. The lowest BCUT2D eigenvalue weighted by atomic mass is 10.0. The molecule has 0 aliphatic carbocycles. The highest BCUT2D eigenvalue weighted by atomic mass is 35.5. The van der Waals surface area contributed by atoms with Gasteiger partial charge >= 0.3 is 0 Å². The van der Waals surface area contributed by atoms with Crippen LogP contribution in [0.1, 0.15) is 6.42 Å². The number of likely N-dealkylation sites (tertiary alicyclic amines) is 1. The summed E-state index contributed by atoms with van der Waals surface area (Å²) in [4.78, 5) is 14.0. The lowest BCUT2D eigenvalue weighted by Crippen LogP contribution is -2.37. The highest BCUT2D eigenvalue weighted by Gasteiger charge is 2.34. The van der Waals surface area contributed by atoms with Crippen LogP contribution in [0.4, 0.5) is 14.5 Å². The van der Waals surface area contributed by atoms with Crippen molar-refractivity contribution in [3.63, 3.8) is 0 Å². The molecular weight excluding hydrogens is 334 g/mol. The zero-order valence-electron chi connectivity index (χ0n) is 13.1. The van der Waals surface area contributed by atoms with E-state index >= 15 is 0 Å². The number of carbonyl (C=O) groups is 1. The van der Waals surface area contributed by atoms with Crippen LogP contribution in [-0.4, -0.2) is 36.6 Å². The van der Waals surface area contributed by atoms with Crippen molar-refractivity contribution < 1.29 is 13.6 Å². The van der Waals surface area contributed by atoms with Crippen LogP contribution in [0.3, 0.4) is 0 Å². The molecule has 2 aromatic rings. The van der Waals surface area contributed by atoms with Crippen molar-refractivity contribution in [2.45, 2.75) is 18.6 Å². The Morgan fingerprint density at radius 1 is 1.21 bits per heavy atom.